The summed E-state index contributed by atoms with van der Waals surface area (Å²) in [7, 11) is 0. The van der Waals surface area contributed by atoms with Crippen LogP contribution in [0.2, 0.25) is 0 Å². The first kappa shape index (κ1) is 16.0. The molecular weight excluding hydrogens is 272 g/mol. The molecule has 1 N–H and O–H groups in total. The Morgan fingerprint density at radius 2 is 1.55 bits per heavy atom. The van der Waals surface area contributed by atoms with Crippen LogP contribution >= 0.6 is 0 Å². The Kier molecular flexibility index (Phi) is 5.54. The summed E-state index contributed by atoms with van der Waals surface area (Å²) in [6, 6.07) is 0. The molecule has 4 aliphatic rings. The average molecular weight is 304 g/mol. The predicted molar refractivity (Wildman–Crippen MR) is 90.6 cm³/mol. The maximum absolute atomic E-state index is 11.9. The minimum absolute atomic E-state index is 0.122. The van der Waals surface area contributed by atoms with E-state index in [1.165, 1.54) is 69.9 Å². The summed E-state index contributed by atoms with van der Waals surface area (Å²) in [4.78, 5) is 11.9. The fourth-order valence-electron chi connectivity index (χ4n) is 5.10. The molecule has 22 heavy (non-hydrogen) atoms. The molecule has 0 radical (unpaired) electrons. The van der Waals surface area contributed by atoms with Crippen LogP contribution in [0, 0.1) is 23.7 Å². The average Bonchev–Trinajstić information content (AvgIpc) is 2.49. The summed E-state index contributed by atoms with van der Waals surface area (Å²) in [5, 5.41) is 4.57. The first-order chi connectivity index (χ1) is 10.8. The van der Waals surface area contributed by atoms with Crippen molar-refractivity contribution in [2.24, 2.45) is 28.8 Å². The molecule has 0 aromatic heterocycles. The van der Waals surface area contributed by atoms with Gasteiger partial charge in [0.1, 0.15) is 0 Å². The number of carbonyl (C=O) groups excluding carboxylic acids is 1. The molecule has 0 aromatic carbocycles. The predicted octanol–water partition coefficient (Wildman–Crippen LogP) is 4.67. The van der Waals surface area contributed by atoms with E-state index < -0.39 is 0 Å². The highest BCUT2D eigenvalue weighted by Crippen LogP contribution is 2.52. The summed E-state index contributed by atoms with van der Waals surface area (Å²) in [6.45, 7) is 2.23. The number of hydrazone groups is 1. The van der Waals surface area contributed by atoms with Gasteiger partial charge in [-0.05, 0) is 62.2 Å². The van der Waals surface area contributed by atoms with Gasteiger partial charge in [-0.15, -0.1) is 0 Å². The molecule has 4 rings (SSSR count). The van der Waals surface area contributed by atoms with Crippen molar-refractivity contribution in [1.82, 2.24) is 5.43 Å². The van der Waals surface area contributed by atoms with Crippen LogP contribution in [-0.4, -0.2) is 11.6 Å². The molecule has 0 aliphatic heterocycles. The van der Waals surface area contributed by atoms with Crippen molar-refractivity contribution in [3.63, 3.8) is 0 Å². The third-order valence-corrected chi connectivity index (χ3v) is 6.04. The van der Waals surface area contributed by atoms with E-state index in [1.54, 1.807) is 0 Å². The topological polar surface area (TPSA) is 41.5 Å². The number of rotatable bonds is 8. The smallest absolute Gasteiger partial charge is 0.240 e. The van der Waals surface area contributed by atoms with Gasteiger partial charge >= 0.3 is 0 Å². The Morgan fingerprint density at radius 1 is 0.955 bits per heavy atom. The number of hydrogen-bond acceptors (Lipinski definition) is 2. The molecule has 1 amide bonds. The Morgan fingerprint density at radius 3 is 2.18 bits per heavy atom. The molecule has 4 saturated carbocycles. The summed E-state index contributed by atoms with van der Waals surface area (Å²) < 4.78 is 0. The molecule has 3 heteroatoms. The Bertz CT molecular complexity index is 386. The van der Waals surface area contributed by atoms with E-state index in [1.807, 2.05) is 0 Å². The van der Waals surface area contributed by atoms with E-state index in [2.05, 4.69) is 17.5 Å². The van der Waals surface area contributed by atoms with Crippen LogP contribution in [0.5, 0.6) is 0 Å². The minimum Gasteiger partial charge on any atom is -0.273 e. The molecule has 0 saturated heterocycles. The van der Waals surface area contributed by atoms with Gasteiger partial charge in [0.15, 0.2) is 0 Å². The van der Waals surface area contributed by atoms with Gasteiger partial charge in [-0.3, -0.25) is 4.79 Å². The zero-order valence-electron chi connectivity index (χ0n) is 14.2. The maximum atomic E-state index is 11.9. The maximum Gasteiger partial charge on any atom is 0.240 e. The van der Waals surface area contributed by atoms with Gasteiger partial charge in [0.2, 0.25) is 5.91 Å². The van der Waals surface area contributed by atoms with Gasteiger partial charge in [-0.1, -0.05) is 39.0 Å². The molecule has 0 atom stereocenters. The van der Waals surface area contributed by atoms with Crippen molar-refractivity contribution in [3.05, 3.63) is 0 Å². The largest absolute Gasteiger partial charge is 0.273 e. The Labute approximate surface area is 135 Å². The van der Waals surface area contributed by atoms with E-state index in [0.29, 0.717) is 18.3 Å². The zero-order valence-corrected chi connectivity index (χ0v) is 14.2. The lowest BCUT2D eigenvalue weighted by molar-refractivity contribution is -0.121. The highest BCUT2D eigenvalue weighted by molar-refractivity contribution is 5.91. The lowest BCUT2D eigenvalue weighted by atomic mass is 9.55. The van der Waals surface area contributed by atoms with Crippen LogP contribution in [0.25, 0.3) is 0 Å². The SMILES string of the molecule is CCCCCCCCC(=O)NN=C1C2CC3CC(C2)CC1C3. The molecule has 0 unspecified atom stereocenters. The van der Waals surface area contributed by atoms with Crippen molar-refractivity contribution in [3.8, 4) is 0 Å². The summed E-state index contributed by atoms with van der Waals surface area (Å²) in [5.41, 5.74) is 4.20. The number of nitrogens with one attached hydrogen (secondary N) is 1. The quantitative estimate of drug-likeness (QED) is 0.514. The van der Waals surface area contributed by atoms with Crippen LogP contribution in [0.4, 0.5) is 0 Å². The second-order valence-electron chi connectivity index (χ2n) is 7.89. The number of amides is 1. The summed E-state index contributed by atoms with van der Waals surface area (Å²) in [5.74, 6) is 3.41. The molecular formula is C19H32N2O. The Hall–Kier alpha value is -0.860. The monoisotopic (exact) mass is 304 g/mol. The fourth-order valence-corrected chi connectivity index (χ4v) is 5.10. The van der Waals surface area contributed by atoms with Gasteiger partial charge in [-0.2, -0.15) is 5.10 Å². The third-order valence-electron chi connectivity index (χ3n) is 6.04. The second kappa shape index (κ2) is 7.61. The molecule has 0 heterocycles. The van der Waals surface area contributed by atoms with Gasteiger partial charge in [0, 0.05) is 12.1 Å². The number of unbranched alkanes of at least 4 members (excludes halogenated alkanes) is 5. The third kappa shape index (κ3) is 3.91. The fraction of sp³-hybridized carbons (Fsp3) is 0.895. The normalized spacial score (nSPS) is 32.3. The molecule has 4 bridgehead atoms. The number of hydrogen-bond donors (Lipinski definition) is 1. The van der Waals surface area contributed by atoms with Crippen LogP contribution in [0.1, 0.15) is 84.0 Å². The van der Waals surface area contributed by atoms with Crippen LogP contribution < -0.4 is 5.43 Å². The van der Waals surface area contributed by atoms with Gasteiger partial charge in [-0.25, -0.2) is 5.43 Å². The van der Waals surface area contributed by atoms with Crippen LogP contribution in [0.15, 0.2) is 5.10 Å². The van der Waals surface area contributed by atoms with Crippen molar-refractivity contribution >= 4 is 11.6 Å². The zero-order chi connectivity index (χ0) is 15.4. The molecule has 3 nitrogen and oxygen atoms in total. The van der Waals surface area contributed by atoms with E-state index in [9.17, 15) is 4.79 Å². The summed E-state index contributed by atoms with van der Waals surface area (Å²) >= 11 is 0. The highest BCUT2D eigenvalue weighted by atomic mass is 16.2. The van der Waals surface area contributed by atoms with E-state index in [0.717, 1.165) is 18.3 Å². The molecule has 0 aromatic rings. The van der Waals surface area contributed by atoms with Crippen molar-refractivity contribution in [1.29, 1.82) is 0 Å². The highest BCUT2D eigenvalue weighted by Gasteiger charge is 2.46. The number of nitrogens with zero attached hydrogens (tertiary/aromatic N) is 1. The lowest BCUT2D eigenvalue weighted by Gasteiger charge is -2.50. The van der Waals surface area contributed by atoms with E-state index >= 15 is 0 Å². The van der Waals surface area contributed by atoms with Crippen molar-refractivity contribution < 1.29 is 4.79 Å². The molecule has 124 valence electrons. The van der Waals surface area contributed by atoms with Gasteiger partial charge in [0.05, 0.1) is 0 Å². The van der Waals surface area contributed by atoms with Crippen LogP contribution in [0.3, 0.4) is 0 Å². The standard InChI is InChI=1S/C19H32N2O/c1-2-3-4-5-6-7-8-18(22)20-21-19-16-10-14-9-15(12-16)13-17(19)11-14/h14-17H,2-13H2,1H3,(H,20,22). The van der Waals surface area contributed by atoms with Gasteiger partial charge < -0.3 is 0 Å². The van der Waals surface area contributed by atoms with Crippen molar-refractivity contribution in [2.75, 3.05) is 0 Å². The molecule has 4 fully saturated rings. The Balaban J connectivity index is 1.37. The van der Waals surface area contributed by atoms with E-state index in [4.69, 9.17) is 0 Å². The lowest BCUT2D eigenvalue weighted by Crippen LogP contribution is -2.46. The van der Waals surface area contributed by atoms with Gasteiger partial charge in [0.25, 0.3) is 0 Å². The van der Waals surface area contributed by atoms with Crippen LogP contribution in [-0.2, 0) is 4.79 Å². The first-order valence-corrected chi connectivity index (χ1v) is 9.62. The molecule has 0 spiro atoms. The van der Waals surface area contributed by atoms with Crippen molar-refractivity contribution in [2.45, 2.75) is 84.0 Å². The second-order valence-corrected chi connectivity index (χ2v) is 7.89. The minimum atomic E-state index is 0.122. The first-order valence-electron chi connectivity index (χ1n) is 9.62. The molecule has 4 aliphatic carbocycles. The number of carbonyl (C=O) groups is 1. The van der Waals surface area contributed by atoms with E-state index in [-0.39, 0.29) is 5.91 Å². The summed E-state index contributed by atoms with van der Waals surface area (Å²) in [6.07, 6.45) is 14.8.